The molecule has 1 aromatic heterocycles. The van der Waals surface area contributed by atoms with Crippen LogP contribution >= 0.6 is 0 Å². The maximum atomic E-state index is 11.9. The highest BCUT2D eigenvalue weighted by molar-refractivity contribution is 5.77. The van der Waals surface area contributed by atoms with Gasteiger partial charge in [-0.2, -0.15) is 0 Å². The number of aliphatic hydroxyl groups excluding tert-OH is 1. The lowest BCUT2D eigenvalue weighted by Gasteiger charge is -2.20. The standard InChI is InChI=1S/C12H18N2O3/c1-13(8-11-3-2-6-17-11)12(16)9-14-5-4-10(15)7-14/h2-3,6,10,15H,4-5,7-9H2,1H3/t10-/m0/s1. The summed E-state index contributed by atoms with van der Waals surface area (Å²) in [5.41, 5.74) is 0. The van der Waals surface area contributed by atoms with Crippen LogP contribution in [0, 0.1) is 0 Å². The van der Waals surface area contributed by atoms with Gasteiger partial charge in [-0.15, -0.1) is 0 Å². The number of hydrogen-bond donors (Lipinski definition) is 1. The third kappa shape index (κ3) is 3.31. The topological polar surface area (TPSA) is 56.9 Å². The van der Waals surface area contributed by atoms with E-state index in [-0.39, 0.29) is 12.0 Å². The quantitative estimate of drug-likeness (QED) is 0.820. The van der Waals surface area contributed by atoms with Crippen LogP contribution in [0.15, 0.2) is 22.8 Å². The average Bonchev–Trinajstić information content (AvgIpc) is 2.90. The number of rotatable bonds is 4. The van der Waals surface area contributed by atoms with Gasteiger partial charge in [0.2, 0.25) is 5.91 Å². The van der Waals surface area contributed by atoms with Crippen molar-refractivity contribution in [3.63, 3.8) is 0 Å². The van der Waals surface area contributed by atoms with Gasteiger partial charge < -0.3 is 14.4 Å². The highest BCUT2D eigenvalue weighted by Gasteiger charge is 2.23. The molecule has 0 spiro atoms. The number of aliphatic hydroxyl groups is 1. The van der Waals surface area contributed by atoms with Gasteiger partial charge in [0.15, 0.2) is 0 Å². The van der Waals surface area contributed by atoms with Gasteiger partial charge in [0.1, 0.15) is 5.76 Å². The van der Waals surface area contributed by atoms with Crippen LogP contribution in [0.5, 0.6) is 0 Å². The number of amides is 1. The fraction of sp³-hybridized carbons (Fsp3) is 0.583. The van der Waals surface area contributed by atoms with Gasteiger partial charge in [0, 0.05) is 20.1 Å². The van der Waals surface area contributed by atoms with Crippen LogP contribution in [-0.2, 0) is 11.3 Å². The molecule has 1 aliphatic heterocycles. The molecule has 1 atom stereocenters. The fourth-order valence-electron chi connectivity index (χ4n) is 1.99. The second-order valence-electron chi connectivity index (χ2n) is 4.51. The predicted octanol–water partition coefficient (Wildman–Crippen LogP) is 0.305. The molecular formula is C12H18N2O3. The Morgan fingerprint density at radius 1 is 1.71 bits per heavy atom. The number of carbonyl (C=O) groups excluding carboxylic acids is 1. The first-order valence-electron chi connectivity index (χ1n) is 5.82. The minimum atomic E-state index is -0.279. The summed E-state index contributed by atoms with van der Waals surface area (Å²) in [7, 11) is 1.76. The van der Waals surface area contributed by atoms with E-state index >= 15 is 0 Å². The summed E-state index contributed by atoms with van der Waals surface area (Å²) in [4.78, 5) is 15.5. The first-order chi connectivity index (χ1) is 8.15. The van der Waals surface area contributed by atoms with Gasteiger partial charge in [-0.25, -0.2) is 0 Å². The molecule has 94 valence electrons. The lowest BCUT2D eigenvalue weighted by molar-refractivity contribution is -0.131. The number of furan rings is 1. The van der Waals surface area contributed by atoms with Crippen molar-refractivity contribution in [3.05, 3.63) is 24.2 Å². The average molecular weight is 238 g/mol. The molecule has 5 heteroatoms. The first kappa shape index (κ1) is 12.1. The maximum Gasteiger partial charge on any atom is 0.236 e. The van der Waals surface area contributed by atoms with Crippen LogP contribution in [0.4, 0.5) is 0 Å². The molecular weight excluding hydrogens is 220 g/mol. The molecule has 2 heterocycles. The number of nitrogens with zero attached hydrogens (tertiary/aromatic N) is 2. The second-order valence-corrected chi connectivity index (χ2v) is 4.51. The number of likely N-dealkylation sites (N-methyl/N-ethyl adjacent to an activating group) is 1. The third-order valence-electron chi connectivity index (χ3n) is 3.01. The van der Waals surface area contributed by atoms with E-state index in [1.807, 2.05) is 17.0 Å². The summed E-state index contributed by atoms with van der Waals surface area (Å²) in [6, 6.07) is 3.66. The van der Waals surface area contributed by atoms with Crippen molar-refractivity contribution in [2.24, 2.45) is 0 Å². The van der Waals surface area contributed by atoms with Crippen molar-refractivity contribution < 1.29 is 14.3 Å². The van der Waals surface area contributed by atoms with Gasteiger partial charge in [-0.3, -0.25) is 9.69 Å². The van der Waals surface area contributed by atoms with Crippen LogP contribution in [0.3, 0.4) is 0 Å². The zero-order valence-electron chi connectivity index (χ0n) is 10.0. The first-order valence-corrected chi connectivity index (χ1v) is 5.82. The van der Waals surface area contributed by atoms with Crippen molar-refractivity contribution in [2.75, 3.05) is 26.7 Å². The summed E-state index contributed by atoms with van der Waals surface area (Å²) in [6.45, 7) is 2.25. The Labute approximate surface area is 101 Å². The van der Waals surface area contributed by atoms with Gasteiger partial charge in [-0.05, 0) is 18.6 Å². The monoisotopic (exact) mass is 238 g/mol. The van der Waals surface area contributed by atoms with Crippen molar-refractivity contribution in [2.45, 2.75) is 19.1 Å². The number of β-amino-alcohol motifs (C(OH)–C–C–N with tert-alkyl or cyclic N) is 1. The maximum absolute atomic E-state index is 11.9. The highest BCUT2D eigenvalue weighted by atomic mass is 16.3. The van der Waals surface area contributed by atoms with Gasteiger partial charge >= 0.3 is 0 Å². The lowest BCUT2D eigenvalue weighted by atomic mass is 10.3. The molecule has 1 N–H and O–H groups in total. The van der Waals surface area contributed by atoms with E-state index in [1.165, 1.54) is 0 Å². The van der Waals surface area contributed by atoms with Crippen LogP contribution in [0.2, 0.25) is 0 Å². The van der Waals surface area contributed by atoms with Crippen LogP contribution < -0.4 is 0 Å². The Balaban J connectivity index is 1.79. The van der Waals surface area contributed by atoms with E-state index in [1.54, 1.807) is 18.2 Å². The minimum Gasteiger partial charge on any atom is -0.467 e. The number of hydrogen-bond acceptors (Lipinski definition) is 4. The third-order valence-corrected chi connectivity index (χ3v) is 3.01. The van der Waals surface area contributed by atoms with Gasteiger partial charge in [0.25, 0.3) is 0 Å². The molecule has 0 aromatic carbocycles. The van der Waals surface area contributed by atoms with Crippen LogP contribution in [0.1, 0.15) is 12.2 Å². The van der Waals surface area contributed by atoms with Crippen LogP contribution in [-0.4, -0.2) is 53.6 Å². The summed E-state index contributed by atoms with van der Waals surface area (Å²) >= 11 is 0. The normalized spacial score (nSPS) is 20.7. The summed E-state index contributed by atoms with van der Waals surface area (Å²) in [5.74, 6) is 0.831. The number of likely N-dealkylation sites (tertiary alicyclic amines) is 1. The smallest absolute Gasteiger partial charge is 0.236 e. The Morgan fingerprint density at radius 2 is 2.53 bits per heavy atom. The molecule has 1 amide bonds. The Kier molecular flexibility index (Phi) is 3.81. The van der Waals surface area contributed by atoms with Gasteiger partial charge in [-0.1, -0.05) is 0 Å². The molecule has 1 aliphatic rings. The van der Waals surface area contributed by atoms with Crippen molar-refractivity contribution in [1.82, 2.24) is 9.80 Å². The summed E-state index contributed by atoms with van der Waals surface area (Å²) < 4.78 is 5.19. The van der Waals surface area contributed by atoms with Crippen molar-refractivity contribution >= 4 is 5.91 Å². The zero-order chi connectivity index (χ0) is 12.3. The van der Waals surface area contributed by atoms with E-state index in [2.05, 4.69) is 0 Å². The minimum absolute atomic E-state index is 0.0514. The van der Waals surface area contributed by atoms with E-state index in [9.17, 15) is 9.90 Å². The highest BCUT2D eigenvalue weighted by Crippen LogP contribution is 2.09. The predicted molar refractivity (Wildman–Crippen MR) is 62.2 cm³/mol. The Bertz CT molecular complexity index is 364. The molecule has 1 fully saturated rings. The molecule has 0 saturated carbocycles. The number of carbonyl (C=O) groups is 1. The van der Waals surface area contributed by atoms with E-state index in [0.717, 1.165) is 18.7 Å². The molecule has 0 bridgehead atoms. The molecule has 1 aromatic rings. The van der Waals surface area contributed by atoms with Gasteiger partial charge in [0.05, 0.1) is 25.5 Å². The molecule has 17 heavy (non-hydrogen) atoms. The van der Waals surface area contributed by atoms with Crippen molar-refractivity contribution in [1.29, 1.82) is 0 Å². The lowest BCUT2D eigenvalue weighted by Crippen LogP contribution is -2.37. The zero-order valence-corrected chi connectivity index (χ0v) is 10.0. The second kappa shape index (κ2) is 5.33. The largest absolute Gasteiger partial charge is 0.467 e. The van der Waals surface area contributed by atoms with Crippen LogP contribution in [0.25, 0.3) is 0 Å². The van der Waals surface area contributed by atoms with E-state index < -0.39 is 0 Å². The molecule has 1 saturated heterocycles. The molecule has 5 nitrogen and oxygen atoms in total. The SMILES string of the molecule is CN(Cc1ccco1)C(=O)CN1CC[C@H](O)C1. The summed E-state index contributed by atoms with van der Waals surface area (Å²) in [5, 5.41) is 9.38. The molecule has 2 rings (SSSR count). The van der Waals surface area contributed by atoms with Crippen molar-refractivity contribution in [3.8, 4) is 0 Å². The summed E-state index contributed by atoms with van der Waals surface area (Å²) in [6.07, 6.45) is 2.08. The Morgan fingerprint density at radius 3 is 3.12 bits per heavy atom. The van der Waals surface area contributed by atoms with E-state index in [4.69, 9.17) is 4.42 Å². The molecule has 0 aliphatic carbocycles. The Hall–Kier alpha value is -1.33. The molecule has 0 radical (unpaired) electrons. The van der Waals surface area contributed by atoms with E-state index in [0.29, 0.717) is 19.6 Å². The fourth-order valence-corrected chi connectivity index (χ4v) is 1.99. The molecule has 0 unspecified atom stereocenters.